The van der Waals surface area contributed by atoms with Gasteiger partial charge in [-0.05, 0) is 36.1 Å². The van der Waals surface area contributed by atoms with E-state index in [-0.39, 0.29) is 31.3 Å². The molecule has 5 heterocycles. The van der Waals surface area contributed by atoms with Crippen LogP contribution < -0.4 is 20.3 Å². The van der Waals surface area contributed by atoms with Crippen LogP contribution in [0.5, 0.6) is 11.5 Å². The highest BCUT2D eigenvalue weighted by molar-refractivity contribution is 5.89. The van der Waals surface area contributed by atoms with Crippen molar-refractivity contribution < 1.29 is 52.0 Å². The number of hydrogen-bond acceptors (Lipinski definition) is 9. The van der Waals surface area contributed by atoms with Gasteiger partial charge in [0.25, 0.3) is 5.56 Å². The smallest absolute Gasteiger partial charge is 0.480 e. The first-order valence-electron chi connectivity index (χ1n) is 13.2. The minimum absolute atomic E-state index is 0.158. The fourth-order valence-electron chi connectivity index (χ4n) is 5.41. The second kappa shape index (κ2) is 10.6. The van der Waals surface area contributed by atoms with Crippen LogP contribution in [-0.4, -0.2) is 56.7 Å². The van der Waals surface area contributed by atoms with Crippen molar-refractivity contribution in [1.29, 1.82) is 0 Å². The van der Waals surface area contributed by atoms with Gasteiger partial charge in [0.1, 0.15) is 18.2 Å². The van der Waals surface area contributed by atoms with Gasteiger partial charge in [0.15, 0.2) is 11.5 Å². The van der Waals surface area contributed by atoms with Crippen LogP contribution in [0.15, 0.2) is 29.1 Å². The van der Waals surface area contributed by atoms with Crippen LogP contribution in [0, 0.1) is 5.92 Å². The van der Waals surface area contributed by atoms with E-state index in [4.69, 9.17) is 29.1 Å². The lowest BCUT2D eigenvalue weighted by atomic mass is 9.81. The summed E-state index contributed by atoms with van der Waals surface area (Å²) in [7, 11) is 0. The SMILES string of the molecule is CC[C@@]1(N[C@H](C(=O)O)C(C)C)C(=O)OCc2c1cc1n(c2=O)Cc2cc3cc4c(cc3nc2-1)OCO4.O=C(O)C(F)(F)F. The van der Waals surface area contributed by atoms with E-state index in [1.807, 2.05) is 18.2 Å². The minimum Gasteiger partial charge on any atom is -0.480 e. The van der Waals surface area contributed by atoms with Gasteiger partial charge in [-0.15, -0.1) is 0 Å². The van der Waals surface area contributed by atoms with Crippen molar-refractivity contribution in [2.45, 2.75) is 58.1 Å². The maximum absolute atomic E-state index is 13.7. The predicted octanol–water partition coefficient (Wildman–Crippen LogP) is 3.15. The summed E-state index contributed by atoms with van der Waals surface area (Å²) in [6.07, 6.45) is -4.88. The number of nitrogens with one attached hydrogen (secondary N) is 1. The van der Waals surface area contributed by atoms with Gasteiger partial charge >= 0.3 is 24.1 Å². The number of pyridine rings is 2. The second-order valence-electron chi connectivity index (χ2n) is 10.5. The zero-order valence-electron chi connectivity index (χ0n) is 23.1. The minimum atomic E-state index is -5.08. The topological polar surface area (TPSA) is 166 Å². The van der Waals surface area contributed by atoms with E-state index >= 15 is 0 Å². The van der Waals surface area contributed by atoms with E-state index in [1.54, 1.807) is 31.4 Å². The van der Waals surface area contributed by atoms with Crippen LogP contribution in [-0.2, 0) is 37.8 Å². The normalized spacial score (nSPS) is 18.7. The second-order valence-corrected chi connectivity index (χ2v) is 10.5. The molecule has 0 bridgehead atoms. The van der Waals surface area contributed by atoms with Crippen LogP contribution in [0.1, 0.15) is 43.9 Å². The predicted molar refractivity (Wildman–Crippen MR) is 142 cm³/mol. The number of ether oxygens (including phenoxy) is 3. The van der Waals surface area contributed by atoms with Crippen molar-refractivity contribution >= 4 is 28.8 Å². The third kappa shape index (κ3) is 5.02. The van der Waals surface area contributed by atoms with Crippen LogP contribution in [0.3, 0.4) is 0 Å². The van der Waals surface area contributed by atoms with Crippen LogP contribution >= 0.6 is 0 Å². The molecule has 3 aromatic rings. The number of carboxylic acid groups (broad SMARTS) is 2. The molecule has 3 aliphatic heterocycles. The first kappa shape index (κ1) is 29.8. The zero-order valence-corrected chi connectivity index (χ0v) is 23.1. The molecule has 0 saturated heterocycles. The van der Waals surface area contributed by atoms with Gasteiger partial charge in [0, 0.05) is 17.0 Å². The lowest BCUT2D eigenvalue weighted by molar-refractivity contribution is -0.192. The Hall–Kier alpha value is -4.66. The Labute approximate surface area is 241 Å². The highest BCUT2D eigenvalue weighted by atomic mass is 19.4. The first-order chi connectivity index (χ1) is 20.2. The fourth-order valence-corrected chi connectivity index (χ4v) is 5.41. The highest BCUT2D eigenvalue weighted by Crippen LogP contribution is 2.41. The summed E-state index contributed by atoms with van der Waals surface area (Å²) in [5.41, 5.74) is 1.84. The number of carbonyl (C=O) groups is 3. The van der Waals surface area contributed by atoms with Gasteiger partial charge in [-0.25, -0.2) is 14.6 Å². The summed E-state index contributed by atoms with van der Waals surface area (Å²) >= 11 is 0. The van der Waals surface area contributed by atoms with E-state index in [0.717, 1.165) is 10.9 Å². The number of esters is 1. The Kier molecular flexibility index (Phi) is 7.32. The molecule has 15 heteroatoms. The Morgan fingerprint density at radius 3 is 2.33 bits per heavy atom. The standard InChI is InChI=1S/C26H25N3O7.C2HF3O2/c1-4-26(28-21(12(2)3)24(31)32)16-7-18-22-14(9-29(18)23(30)15(16)10-34-25(26)33)5-13-6-19-20(36-11-35-19)8-17(13)27-22;3-2(4,5)1(6)7/h5-8,12,21,28H,4,9-11H2,1-3H3,(H,31,32);(H,6,7)/t21-,26-;/m0./s1. The number of nitrogens with zero attached hydrogens (tertiary/aromatic N) is 2. The van der Waals surface area contributed by atoms with Crippen molar-refractivity contribution in [1.82, 2.24) is 14.9 Å². The Bertz CT molecular complexity index is 1730. The van der Waals surface area contributed by atoms with Gasteiger partial charge < -0.3 is 29.0 Å². The molecular formula is C28H26F3N3O9. The van der Waals surface area contributed by atoms with Crippen molar-refractivity contribution in [3.63, 3.8) is 0 Å². The number of carbonyl (C=O) groups excluding carboxylic acids is 1. The number of aromatic nitrogens is 2. The van der Waals surface area contributed by atoms with Crippen molar-refractivity contribution in [2.75, 3.05) is 6.79 Å². The van der Waals surface area contributed by atoms with Crippen LogP contribution in [0.4, 0.5) is 13.2 Å². The number of cyclic esters (lactones) is 1. The number of benzene rings is 1. The number of carboxylic acids is 2. The maximum Gasteiger partial charge on any atom is 0.490 e. The van der Waals surface area contributed by atoms with E-state index in [1.165, 1.54) is 0 Å². The quantitative estimate of drug-likeness (QED) is 0.286. The fraction of sp³-hybridized carbons (Fsp3) is 0.393. The summed E-state index contributed by atoms with van der Waals surface area (Å²) in [5.74, 6) is -3.46. The Morgan fingerprint density at radius 2 is 1.74 bits per heavy atom. The lowest BCUT2D eigenvalue weighted by Gasteiger charge is -2.39. The maximum atomic E-state index is 13.7. The summed E-state index contributed by atoms with van der Waals surface area (Å²) < 4.78 is 49.8. The Balaban J connectivity index is 0.000000472. The van der Waals surface area contributed by atoms with E-state index in [9.17, 15) is 32.7 Å². The third-order valence-electron chi connectivity index (χ3n) is 7.62. The van der Waals surface area contributed by atoms with E-state index < -0.39 is 35.7 Å². The first-order valence-corrected chi connectivity index (χ1v) is 13.2. The molecule has 2 aromatic heterocycles. The molecule has 228 valence electrons. The molecule has 6 rings (SSSR count). The molecule has 0 saturated carbocycles. The number of halogens is 3. The molecule has 0 unspecified atom stereocenters. The molecule has 0 fully saturated rings. The summed E-state index contributed by atoms with van der Waals surface area (Å²) in [6.45, 7) is 5.63. The molecule has 0 amide bonds. The number of fused-ring (bicyclic) bond motifs is 6. The molecule has 0 aliphatic carbocycles. The molecule has 1 aromatic carbocycles. The molecule has 3 N–H and O–H groups in total. The molecule has 43 heavy (non-hydrogen) atoms. The van der Waals surface area contributed by atoms with E-state index in [0.29, 0.717) is 46.1 Å². The van der Waals surface area contributed by atoms with Gasteiger partial charge in [0.2, 0.25) is 6.79 Å². The van der Waals surface area contributed by atoms with Crippen molar-refractivity contribution in [3.05, 3.63) is 51.3 Å². The van der Waals surface area contributed by atoms with Gasteiger partial charge in [-0.3, -0.25) is 14.9 Å². The molecular weight excluding hydrogens is 579 g/mol. The summed E-state index contributed by atoms with van der Waals surface area (Å²) in [4.78, 5) is 52.6. The van der Waals surface area contributed by atoms with Crippen molar-refractivity contribution in [3.8, 4) is 22.9 Å². The molecule has 0 spiro atoms. The highest BCUT2D eigenvalue weighted by Gasteiger charge is 2.49. The van der Waals surface area contributed by atoms with Gasteiger partial charge in [-0.1, -0.05) is 20.8 Å². The lowest BCUT2D eigenvalue weighted by Crippen LogP contribution is -2.60. The molecule has 0 radical (unpaired) electrons. The average Bonchev–Trinajstić information content (AvgIpc) is 3.53. The van der Waals surface area contributed by atoms with Gasteiger partial charge in [0.05, 0.1) is 29.0 Å². The van der Waals surface area contributed by atoms with Gasteiger partial charge in [-0.2, -0.15) is 13.2 Å². The zero-order chi connectivity index (χ0) is 31.4. The molecule has 12 nitrogen and oxygen atoms in total. The number of rotatable bonds is 5. The molecule has 2 atom stereocenters. The molecule has 3 aliphatic rings. The number of alkyl halides is 3. The van der Waals surface area contributed by atoms with E-state index in [2.05, 4.69) is 5.32 Å². The monoisotopic (exact) mass is 605 g/mol. The van der Waals surface area contributed by atoms with Crippen LogP contribution in [0.2, 0.25) is 0 Å². The van der Waals surface area contributed by atoms with Crippen LogP contribution in [0.25, 0.3) is 22.3 Å². The largest absolute Gasteiger partial charge is 0.490 e. The third-order valence-corrected chi connectivity index (χ3v) is 7.62. The summed E-state index contributed by atoms with van der Waals surface area (Å²) in [6, 6.07) is 6.45. The average molecular weight is 606 g/mol. The van der Waals surface area contributed by atoms with Crippen molar-refractivity contribution in [2.24, 2.45) is 5.92 Å². The number of aliphatic carboxylic acids is 2. The summed E-state index contributed by atoms with van der Waals surface area (Å²) in [5, 5.41) is 20.9. The Morgan fingerprint density at radius 1 is 1.09 bits per heavy atom. The number of hydrogen-bond donors (Lipinski definition) is 3.